The van der Waals surface area contributed by atoms with Gasteiger partial charge in [-0.1, -0.05) is 12.1 Å². The summed E-state index contributed by atoms with van der Waals surface area (Å²) in [6.07, 6.45) is 0.670. The van der Waals surface area contributed by atoms with Crippen LogP contribution >= 0.6 is 15.9 Å². The first-order valence-electron chi connectivity index (χ1n) is 5.31. The summed E-state index contributed by atoms with van der Waals surface area (Å²) in [6.45, 7) is 0.520. The molecule has 0 bridgehead atoms. The lowest BCUT2D eigenvalue weighted by molar-refractivity contribution is 0.627. The van der Waals surface area contributed by atoms with Gasteiger partial charge in [-0.2, -0.15) is 5.10 Å². The van der Waals surface area contributed by atoms with Crippen molar-refractivity contribution in [3.8, 4) is 11.3 Å². The van der Waals surface area contributed by atoms with Gasteiger partial charge in [0.2, 0.25) is 0 Å². The molecule has 90 valence electrons. The van der Waals surface area contributed by atoms with Gasteiger partial charge < -0.3 is 5.73 Å². The molecule has 1 aromatic carbocycles. The topological polar surface area (TPSA) is 43.8 Å². The van der Waals surface area contributed by atoms with Gasteiger partial charge >= 0.3 is 0 Å². The Morgan fingerprint density at radius 3 is 2.76 bits per heavy atom. The summed E-state index contributed by atoms with van der Waals surface area (Å²) >= 11 is 3.47. The van der Waals surface area contributed by atoms with Crippen molar-refractivity contribution >= 4 is 15.9 Å². The minimum atomic E-state index is -0.254. The van der Waals surface area contributed by atoms with E-state index in [0.717, 1.165) is 15.9 Å². The van der Waals surface area contributed by atoms with Crippen molar-refractivity contribution in [1.29, 1.82) is 0 Å². The zero-order valence-corrected chi connectivity index (χ0v) is 11.0. The van der Waals surface area contributed by atoms with E-state index in [1.165, 1.54) is 6.07 Å². The van der Waals surface area contributed by atoms with Crippen molar-refractivity contribution in [2.24, 2.45) is 12.8 Å². The summed E-state index contributed by atoms with van der Waals surface area (Å²) in [6, 6.07) is 6.66. The summed E-state index contributed by atoms with van der Waals surface area (Å²) in [5, 5.41) is 4.34. The average Bonchev–Trinajstić information content (AvgIpc) is 2.57. The van der Waals surface area contributed by atoms with Gasteiger partial charge in [-0.3, -0.25) is 4.68 Å². The fourth-order valence-corrected chi connectivity index (χ4v) is 2.54. The predicted molar refractivity (Wildman–Crippen MR) is 69.1 cm³/mol. The Hall–Kier alpha value is -1.20. The van der Waals surface area contributed by atoms with E-state index in [4.69, 9.17) is 5.73 Å². The van der Waals surface area contributed by atoms with Crippen molar-refractivity contribution in [1.82, 2.24) is 9.78 Å². The van der Waals surface area contributed by atoms with Gasteiger partial charge in [0.1, 0.15) is 5.82 Å². The minimum absolute atomic E-state index is 0.254. The van der Waals surface area contributed by atoms with Gasteiger partial charge in [-0.05, 0) is 34.6 Å². The average molecular weight is 298 g/mol. The van der Waals surface area contributed by atoms with Gasteiger partial charge in [0.05, 0.1) is 15.9 Å². The molecule has 0 aliphatic carbocycles. The molecule has 0 spiro atoms. The van der Waals surface area contributed by atoms with E-state index in [0.29, 0.717) is 18.5 Å². The van der Waals surface area contributed by atoms with E-state index < -0.39 is 0 Å². The third-order valence-corrected chi connectivity index (χ3v) is 3.40. The molecule has 0 amide bonds. The maximum Gasteiger partial charge on any atom is 0.132 e. The molecule has 0 saturated heterocycles. The molecular formula is C12H13BrFN3. The van der Waals surface area contributed by atoms with Crippen LogP contribution < -0.4 is 5.73 Å². The van der Waals surface area contributed by atoms with Crippen LogP contribution in [0.1, 0.15) is 5.69 Å². The van der Waals surface area contributed by atoms with Crippen molar-refractivity contribution in [3.05, 3.63) is 40.2 Å². The largest absolute Gasteiger partial charge is 0.330 e. The number of aromatic nitrogens is 2. The summed E-state index contributed by atoms with van der Waals surface area (Å²) in [7, 11) is 1.80. The van der Waals surface area contributed by atoms with Gasteiger partial charge in [0, 0.05) is 19.0 Å². The van der Waals surface area contributed by atoms with Crippen LogP contribution in [0.15, 0.2) is 28.7 Å². The van der Waals surface area contributed by atoms with Crippen molar-refractivity contribution < 1.29 is 4.39 Å². The van der Waals surface area contributed by atoms with E-state index >= 15 is 0 Å². The molecule has 1 heterocycles. The highest BCUT2D eigenvalue weighted by atomic mass is 79.9. The van der Waals surface area contributed by atoms with Crippen LogP contribution in [0.3, 0.4) is 0 Å². The van der Waals surface area contributed by atoms with Gasteiger partial charge in [-0.15, -0.1) is 0 Å². The Kier molecular flexibility index (Phi) is 3.59. The van der Waals surface area contributed by atoms with E-state index in [1.807, 2.05) is 0 Å². The van der Waals surface area contributed by atoms with Crippen LogP contribution in [0, 0.1) is 5.82 Å². The maximum absolute atomic E-state index is 13.7. The molecule has 0 unspecified atom stereocenters. The Morgan fingerprint density at radius 1 is 1.41 bits per heavy atom. The summed E-state index contributed by atoms with van der Waals surface area (Å²) < 4.78 is 16.2. The van der Waals surface area contributed by atoms with Gasteiger partial charge in [-0.25, -0.2) is 4.39 Å². The highest BCUT2D eigenvalue weighted by Gasteiger charge is 2.17. The van der Waals surface area contributed by atoms with Crippen LogP contribution in [0.4, 0.5) is 4.39 Å². The predicted octanol–water partition coefficient (Wildman–Crippen LogP) is 2.49. The number of rotatable bonds is 3. The molecule has 0 fully saturated rings. The number of hydrogen-bond donors (Lipinski definition) is 1. The van der Waals surface area contributed by atoms with E-state index in [1.54, 1.807) is 29.9 Å². The molecule has 5 heteroatoms. The molecule has 1 aromatic heterocycles. The van der Waals surface area contributed by atoms with Gasteiger partial charge in [0.15, 0.2) is 0 Å². The molecule has 0 saturated carbocycles. The number of nitrogens with zero attached hydrogens (tertiary/aromatic N) is 2. The monoisotopic (exact) mass is 297 g/mol. The third-order valence-electron chi connectivity index (χ3n) is 2.57. The third kappa shape index (κ3) is 2.25. The van der Waals surface area contributed by atoms with Crippen LogP contribution in [0.2, 0.25) is 0 Å². The molecule has 17 heavy (non-hydrogen) atoms. The second kappa shape index (κ2) is 4.98. The van der Waals surface area contributed by atoms with E-state index in [9.17, 15) is 4.39 Å². The maximum atomic E-state index is 13.7. The number of halogens is 2. The normalized spacial score (nSPS) is 10.8. The Bertz CT molecular complexity index is 537. The first-order valence-corrected chi connectivity index (χ1v) is 6.10. The fraction of sp³-hybridized carbons (Fsp3) is 0.250. The molecule has 2 N–H and O–H groups in total. The summed E-state index contributed by atoms with van der Waals surface area (Å²) in [5.74, 6) is -0.254. The molecular weight excluding hydrogens is 285 g/mol. The smallest absolute Gasteiger partial charge is 0.132 e. The van der Waals surface area contributed by atoms with Crippen LogP contribution in [-0.2, 0) is 13.5 Å². The number of nitrogens with two attached hydrogens (primary N) is 1. The second-order valence-electron chi connectivity index (χ2n) is 3.75. The Labute approximate surface area is 108 Å². The Morgan fingerprint density at radius 2 is 2.12 bits per heavy atom. The highest BCUT2D eigenvalue weighted by molar-refractivity contribution is 9.10. The number of benzene rings is 1. The van der Waals surface area contributed by atoms with Crippen molar-refractivity contribution in [2.75, 3.05) is 6.54 Å². The molecule has 0 aliphatic heterocycles. The molecule has 2 rings (SSSR count). The van der Waals surface area contributed by atoms with Crippen LogP contribution in [0.25, 0.3) is 11.3 Å². The molecule has 0 atom stereocenters. The lowest BCUT2D eigenvalue weighted by atomic mass is 10.1. The number of hydrogen-bond acceptors (Lipinski definition) is 2. The standard InChI is InChI=1S/C12H13BrFN3/c1-17-12(8-4-2-3-5-9(8)14)11(13)10(16-17)6-7-15/h2-5H,6-7,15H2,1H3. The summed E-state index contributed by atoms with van der Waals surface area (Å²) in [4.78, 5) is 0. The second-order valence-corrected chi connectivity index (χ2v) is 4.54. The highest BCUT2D eigenvalue weighted by Crippen LogP contribution is 2.32. The molecule has 0 radical (unpaired) electrons. The molecule has 3 nitrogen and oxygen atoms in total. The first-order chi connectivity index (χ1) is 8.15. The molecule has 2 aromatic rings. The number of aryl methyl sites for hydroxylation is 1. The SMILES string of the molecule is Cn1nc(CCN)c(Br)c1-c1ccccc1F. The lowest BCUT2D eigenvalue weighted by Crippen LogP contribution is -2.04. The quantitative estimate of drug-likeness (QED) is 0.946. The Balaban J connectivity index is 2.56. The fourth-order valence-electron chi connectivity index (χ4n) is 1.80. The van der Waals surface area contributed by atoms with Crippen molar-refractivity contribution in [3.63, 3.8) is 0 Å². The zero-order valence-electron chi connectivity index (χ0n) is 9.45. The lowest BCUT2D eigenvalue weighted by Gasteiger charge is -2.04. The van der Waals surface area contributed by atoms with Crippen LogP contribution in [0.5, 0.6) is 0 Å². The van der Waals surface area contributed by atoms with Crippen LogP contribution in [-0.4, -0.2) is 16.3 Å². The van der Waals surface area contributed by atoms with E-state index in [2.05, 4.69) is 21.0 Å². The van der Waals surface area contributed by atoms with Crippen molar-refractivity contribution in [2.45, 2.75) is 6.42 Å². The zero-order chi connectivity index (χ0) is 12.4. The minimum Gasteiger partial charge on any atom is -0.330 e. The first kappa shape index (κ1) is 12.3. The molecule has 0 aliphatic rings. The summed E-state index contributed by atoms with van der Waals surface area (Å²) in [5.41, 5.74) is 7.65. The van der Waals surface area contributed by atoms with E-state index in [-0.39, 0.29) is 5.82 Å². The van der Waals surface area contributed by atoms with Gasteiger partial charge in [0.25, 0.3) is 0 Å².